The van der Waals surface area contributed by atoms with Crippen molar-refractivity contribution in [3.05, 3.63) is 23.8 Å². The maximum absolute atomic E-state index is 10.4. The van der Waals surface area contributed by atoms with Crippen molar-refractivity contribution in [2.75, 3.05) is 19.0 Å². The topological polar surface area (TPSA) is 41.5 Å². The summed E-state index contributed by atoms with van der Waals surface area (Å²) in [6.07, 6.45) is 5.36. The predicted octanol–water partition coefficient (Wildman–Crippen LogP) is 3.11. The lowest BCUT2D eigenvalue weighted by molar-refractivity contribution is 0.0167. The Kier molecular flexibility index (Phi) is 4.12. The highest BCUT2D eigenvalue weighted by Crippen LogP contribution is 2.29. The fraction of sp³-hybridized carbons (Fsp3) is 0.600. The molecule has 1 aliphatic rings. The van der Waals surface area contributed by atoms with Crippen molar-refractivity contribution in [2.45, 2.75) is 44.6 Å². The molecule has 0 spiro atoms. The maximum atomic E-state index is 10.4. The Morgan fingerprint density at radius 1 is 1.28 bits per heavy atom. The van der Waals surface area contributed by atoms with E-state index in [1.807, 2.05) is 19.1 Å². The molecular weight excluding hydrogens is 226 g/mol. The van der Waals surface area contributed by atoms with E-state index in [1.165, 1.54) is 6.42 Å². The molecular formula is C15H23NO2. The number of hydrogen-bond acceptors (Lipinski definition) is 3. The minimum atomic E-state index is -0.522. The van der Waals surface area contributed by atoms with Crippen LogP contribution in [0, 0.1) is 6.92 Å². The van der Waals surface area contributed by atoms with Crippen LogP contribution in [-0.2, 0) is 0 Å². The van der Waals surface area contributed by atoms with Crippen LogP contribution in [0.5, 0.6) is 5.75 Å². The molecule has 2 N–H and O–H groups in total. The van der Waals surface area contributed by atoms with Gasteiger partial charge in [0.25, 0.3) is 0 Å². The van der Waals surface area contributed by atoms with Crippen molar-refractivity contribution in [2.24, 2.45) is 0 Å². The Hall–Kier alpha value is -1.22. The minimum absolute atomic E-state index is 0.522. The van der Waals surface area contributed by atoms with Crippen molar-refractivity contribution >= 4 is 5.69 Å². The van der Waals surface area contributed by atoms with Crippen molar-refractivity contribution < 1.29 is 9.84 Å². The lowest BCUT2D eigenvalue weighted by Gasteiger charge is -2.32. The number of aryl methyl sites for hydroxylation is 1. The molecule has 0 aromatic heterocycles. The first-order valence-corrected chi connectivity index (χ1v) is 6.74. The number of hydrogen-bond donors (Lipinski definition) is 2. The molecule has 0 saturated heterocycles. The normalized spacial score (nSPS) is 18.4. The van der Waals surface area contributed by atoms with E-state index in [4.69, 9.17) is 4.74 Å². The number of methoxy groups -OCH3 is 1. The van der Waals surface area contributed by atoms with Gasteiger partial charge < -0.3 is 15.2 Å². The maximum Gasteiger partial charge on any atom is 0.121 e. The Morgan fingerprint density at radius 3 is 2.61 bits per heavy atom. The zero-order valence-electron chi connectivity index (χ0n) is 11.3. The number of rotatable bonds is 4. The van der Waals surface area contributed by atoms with E-state index in [0.717, 1.165) is 42.7 Å². The third kappa shape index (κ3) is 3.16. The number of benzene rings is 1. The first-order chi connectivity index (χ1) is 8.63. The van der Waals surface area contributed by atoms with Crippen molar-refractivity contribution in [1.29, 1.82) is 0 Å². The molecule has 1 aromatic rings. The van der Waals surface area contributed by atoms with Crippen LogP contribution in [0.1, 0.15) is 37.7 Å². The van der Waals surface area contributed by atoms with E-state index in [9.17, 15) is 5.11 Å². The second kappa shape index (κ2) is 5.61. The summed E-state index contributed by atoms with van der Waals surface area (Å²) in [4.78, 5) is 0. The molecule has 3 heteroatoms. The highest BCUT2D eigenvalue weighted by atomic mass is 16.5. The second-order valence-electron chi connectivity index (χ2n) is 5.32. The van der Waals surface area contributed by atoms with E-state index in [0.29, 0.717) is 6.54 Å². The lowest BCUT2D eigenvalue weighted by Crippen LogP contribution is -2.38. The molecule has 2 rings (SSSR count). The van der Waals surface area contributed by atoms with E-state index in [1.54, 1.807) is 7.11 Å². The molecule has 0 atom stereocenters. The van der Waals surface area contributed by atoms with Gasteiger partial charge in [-0.25, -0.2) is 0 Å². The van der Waals surface area contributed by atoms with Gasteiger partial charge in [-0.3, -0.25) is 0 Å². The lowest BCUT2D eigenvalue weighted by atomic mass is 9.85. The molecule has 0 radical (unpaired) electrons. The fourth-order valence-electron chi connectivity index (χ4n) is 2.64. The Bertz CT molecular complexity index is 397. The summed E-state index contributed by atoms with van der Waals surface area (Å²) in [7, 11) is 1.68. The van der Waals surface area contributed by atoms with Crippen molar-refractivity contribution in [3.63, 3.8) is 0 Å². The van der Waals surface area contributed by atoms with Gasteiger partial charge in [0.15, 0.2) is 0 Å². The third-order valence-electron chi connectivity index (χ3n) is 3.80. The van der Waals surface area contributed by atoms with Crippen molar-refractivity contribution in [3.8, 4) is 5.75 Å². The van der Waals surface area contributed by atoms with E-state index >= 15 is 0 Å². The van der Waals surface area contributed by atoms with Gasteiger partial charge in [0.05, 0.1) is 12.7 Å². The van der Waals surface area contributed by atoms with E-state index in [2.05, 4.69) is 11.4 Å². The highest BCUT2D eigenvalue weighted by molar-refractivity contribution is 5.50. The van der Waals surface area contributed by atoms with Crippen LogP contribution in [0.3, 0.4) is 0 Å². The monoisotopic (exact) mass is 249 g/mol. The summed E-state index contributed by atoms with van der Waals surface area (Å²) in [5.74, 6) is 0.900. The molecule has 0 bridgehead atoms. The number of aliphatic hydroxyl groups is 1. The molecule has 0 unspecified atom stereocenters. The molecule has 0 aliphatic heterocycles. The minimum Gasteiger partial charge on any atom is -0.496 e. The number of ether oxygens (including phenoxy) is 1. The average molecular weight is 249 g/mol. The first kappa shape index (κ1) is 13.2. The summed E-state index contributed by atoms with van der Waals surface area (Å²) in [5.41, 5.74) is 1.64. The van der Waals surface area contributed by atoms with Crippen LogP contribution in [0.2, 0.25) is 0 Å². The standard InChI is InChI=1S/C15H23NO2/c1-12-10-13(6-7-14(12)18-2)16-11-15(17)8-4-3-5-9-15/h6-7,10,16-17H,3-5,8-9,11H2,1-2H3. The smallest absolute Gasteiger partial charge is 0.121 e. The van der Waals surface area contributed by atoms with Gasteiger partial charge in [-0.05, 0) is 43.5 Å². The Morgan fingerprint density at radius 2 is 2.00 bits per heavy atom. The summed E-state index contributed by atoms with van der Waals surface area (Å²) < 4.78 is 5.24. The largest absolute Gasteiger partial charge is 0.496 e. The van der Waals surface area contributed by atoms with Crippen LogP contribution < -0.4 is 10.1 Å². The Balaban J connectivity index is 1.95. The van der Waals surface area contributed by atoms with Gasteiger partial charge in [-0.2, -0.15) is 0 Å². The fourth-order valence-corrected chi connectivity index (χ4v) is 2.64. The van der Waals surface area contributed by atoms with Gasteiger partial charge in [0, 0.05) is 12.2 Å². The van der Waals surface area contributed by atoms with Crippen LogP contribution in [-0.4, -0.2) is 24.4 Å². The molecule has 1 saturated carbocycles. The molecule has 0 heterocycles. The summed E-state index contributed by atoms with van der Waals surface area (Å²) in [5, 5.41) is 13.8. The van der Waals surface area contributed by atoms with Gasteiger partial charge >= 0.3 is 0 Å². The highest BCUT2D eigenvalue weighted by Gasteiger charge is 2.28. The SMILES string of the molecule is COc1ccc(NCC2(O)CCCCC2)cc1C. The second-order valence-corrected chi connectivity index (χ2v) is 5.32. The zero-order valence-corrected chi connectivity index (χ0v) is 11.3. The van der Waals surface area contributed by atoms with Gasteiger partial charge in [-0.1, -0.05) is 19.3 Å². The van der Waals surface area contributed by atoms with Gasteiger partial charge in [0.2, 0.25) is 0 Å². The summed E-state index contributed by atoms with van der Waals surface area (Å²) >= 11 is 0. The summed E-state index contributed by atoms with van der Waals surface area (Å²) in [6, 6.07) is 6.02. The molecule has 1 aliphatic carbocycles. The van der Waals surface area contributed by atoms with Crippen LogP contribution >= 0.6 is 0 Å². The molecule has 100 valence electrons. The van der Waals surface area contributed by atoms with Gasteiger partial charge in [0.1, 0.15) is 5.75 Å². The van der Waals surface area contributed by atoms with Crippen LogP contribution in [0.25, 0.3) is 0 Å². The zero-order chi connectivity index (χ0) is 13.0. The van der Waals surface area contributed by atoms with Crippen LogP contribution in [0.15, 0.2) is 18.2 Å². The van der Waals surface area contributed by atoms with Crippen molar-refractivity contribution in [1.82, 2.24) is 0 Å². The van der Waals surface area contributed by atoms with E-state index in [-0.39, 0.29) is 0 Å². The number of nitrogens with one attached hydrogen (secondary N) is 1. The van der Waals surface area contributed by atoms with Crippen LogP contribution in [0.4, 0.5) is 5.69 Å². The number of anilines is 1. The molecule has 1 aromatic carbocycles. The Labute approximate surface area is 109 Å². The quantitative estimate of drug-likeness (QED) is 0.861. The molecule has 1 fully saturated rings. The first-order valence-electron chi connectivity index (χ1n) is 6.74. The molecule has 3 nitrogen and oxygen atoms in total. The summed E-state index contributed by atoms with van der Waals surface area (Å²) in [6.45, 7) is 2.66. The van der Waals surface area contributed by atoms with Gasteiger partial charge in [-0.15, -0.1) is 0 Å². The predicted molar refractivity (Wildman–Crippen MR) is 74.3 cm³/mol. The average Bonchev–Trinajstić information content (AvgIpc) is 2.38. The third-order valence-corrected chi connectivity index (χ3v) is 3.80. The van der Waals surface area contributed by atoms with E-state index < -0.39 is 5.60 Å². The molecule has 18 heavy (non-hydrogen) atoms. The molecule has 0 amide bonds.